The summed E-state index contributed by atoms with van der Waals surface area (Å²) >= 11 is 8.03. The first kappa shape index (κ1) is 22.2. The molecule has 0 saturated carbocycles. The molecule has 0 radical (unpaired) electrons. The first-order valence-electron chi connectivity index (χ1n) is 11.4. The Balaban J connectivity index is 1.29. The quantitative estimate of drug-likeness (QED) is 0.350. The van der Waals surface area contributed by atoms with Crippen molar-refractivity contribution < 1.29 is 9.53 Å². The van der Waals surface area contributed by atoms with Crippen LogP contribution < -0.4 is 5.32 Å². The molecule has 6 rings (SSSR count). The summed E-state index contributed by atoms with van der Waals surface area (Å²) in [6, 6.07) is 16.8. The molecule has 5 aromatic rings. The van der Waals surface area contributed by atoms with Crippen LogP contribution in [-0.4, -0.2) is 51.5 Å². The molecule has 4 heterocycles. The molecule has 1 aliphatic heterocycles. The molecule has 176 valence electrons. The lowest BCUT2D eigenvalue weighted by atomic mass is 10.1. The molecular weight excluding hydrogens is 482 g/mol. The Morgan fingerprint density at radius 3 is 2.77 bits per heavy atom. The van der Waals surface area contributed by atoms with E-state index in [1.807, 2.05) is 54.7 Å². The second-order valence-electron chi connectivity index (χ2n) is 8.40. The monoisotopic (exact) mass is 503 g/mol. The van der Waals surface area contributed by atoms with Crippen molar-refractivity contribution in [1.82, 2.24) is 19.3 Å². The maximum Gasteiger partial charge on any atom is 0.274 e. The number of morpholine rings is 1. The minimum Gasteiger partial charge on any atom is -0.379 e. The van der Waals surface area contributed by atoms with Crippen LogP contribution in [-0.2, 0) is 11.3 Å². The Bertz CT molecular complexity index is 1540. The van der Waals surface area contributed by atoms with Crippen molar-refractivity contribution in [2.45, 2.75) is 6.54 Å². The van der Waals surface area contributed by atoms with Gasteiger partial charge in [-0.3, -0.25) is 14.1 Å². The van der Waals surface area contributed by atoms with Gasteiger partial charge in [-0.2, -0.15) is 0 Å². The highest BCUT2D eigenvalue weighted by molar-refractivity contribution is 7.15. The lowest BCUT2D eigenvalue weighted by Gasteiger charge is -2.26. The van der Waals surface area contributed by atoms with E-state index >= 15 is 0 Å². The fourth-order valence-electron chi connectivity index (χ4n) is 4.31. The molecule has 1 saturated heterocycles. The third-order valence-corrected chi connectivity index (χ3v) is 7.32. The number of carbonyl (C=O) groups is 1. The first-order chi connectivity index (χ1) is 17.2. The van der Waals surface area contributed by atoms with Gasteiger partial charge in [0.2, 0.25) is 0 Å². The van der Waals surface area contributed by atoms with Crippen LogP contribution in [0.15, 0.2) is 66.2 Å². The molecule has 2 aromatic carbocycles. The van der Waals surface area contributed by atoms with Gasteiger partial charge >= 0.3 is 0 Å². The average Bonchev–Trinajstić information content (AvgIpc) is 3.47. The highest BCUT2D eigenvalue weighted by Crippen LogP contribution is 2.30. The molecule has 1 N–H and O–H groups in total. The molecule has 9 heteroatoms. The Hall–Kier alpha value is -3.30. The van der Waals surface area contributed by atoms with Crippen molar-refractivity contribution in [2.24, 2.45) is 0 Å². The Labute approximate surface area is 210 Å². The number of carbonyl (C=O) groups excluding carboxylic acids is 1. The van der Waals surface area contributed by atoms with Crippen LogP contribution in [0.2, 0.25) is 5.02 Å². The molecule has 3 aromatic heterocycles. The molecule has 7 nitrogen and oxygen atoms in total. The molecule has 0 unspecified atom stereocenters. The number of hydrogen-bond acceptors (Lipinski definition) is 6. The highest BCUT2D eigenvalue weighted by Gasteiger charge is 2.18. The molecule has 35 heavy (non-hydrogen) atoms. The van der Waals surface area contributed by atoms with Crippen molar-refractivity contribution in [3.05, 3.63) is 82.6 Å². The van der Waals surface area contributed by atoms with Crippen LogP contribution in [0.5, 0.6) is 0 Å². The number of fused-ring (bicyclic) bond motifs is 2. The molecular formula is C26H22ClN5O2S. The predicted octanol–water partition coefficient (Wildman–Crippen LogP) is 5.35. The zero-order valence-electron chi connectivity index (χ0n) is 18.8. The zero-order chi connectivity index (χ0) is 23.8. The van der Waals surface area contributed by atoms with E-state index in [0.717, 1.165) is 54.5 Å². The maximum atomic E-state index is 13.1. The van der Waals surface area contributed by atoms with Gasteiger partial charge in [0.05, 0.1) is 35.1 Å². The Kier molecular flexibility index (Phi) is 5.95. The average molecular weight is 504 g/mol. The molecule has 0 bridgehead atoms. The van der Waals surface area contributed by atoms with Gasteiger partial charge in [-0.15, -0.1) is 11.3 Å². The summed E-state index contributed by atoms with van der Waals surface area (Å²) < 4.78 is 7.61. The van der Waals surface area contributed by atoms with Crippen LogP contribution in [0, 0.1) is 0 Å². The smallest absolute Gasteiger partial charge is 0.274 e. The number of imidazole rings is 1. The molecule has 0 aliphatic carbocycles. The summed E-state index contributed by atoms with van der Waals surface area (Å²) in [4.78, 5) is 25.8. The normalized spacial score (nSPS) is 14.5. The number of aromatic nitrogens is 3. The van der Waals surface area contributed by atoms with Crippen molar-refractivity contribution in [1.29, 1.82) is 0 Å². The summed E-state index contributed by atoms with van der Waals surface area (Å²) in [6.07, 6.45) is 2.04. The van der Waals surface area contributed by atoms with Gasteiger partial charge in [0.25, 0.3) is 5.91 Å². The number of anilines is 1. The van der Waals surface area contributed by atoms with Gasteiger partial charge in [-0.1, -0.05) is 48.0 Å². The molecule has 1 amide bonds. The van der Waals surface area contributed by atoms with Crippen LogP contribution in [0.1, 0.15) is 16.2 Å². The van der Waals surface area contributed by atoms with Crippen LogP contribution in [0.3, 0.4) is 0 Å². The summed E-state index contributed by atoms with van der Waals surface area (Å²) in [5.74, 6) is -0.320. The minimum atomic E-state index is -0.320. The maximum absolute atomic E-state index is 13.1. The van der Waals surface area contributed by atoms with Gasteiger partial charge in [0.1, 0.15) is 5.69 Å². The topological polar surface area (TPSA) is 71.8 Å². The fraction of sp³-hybridized carbons (Fsp3) is 0.192. The van der Waals surface area contributed by atoms with Crippen molar-refractivity contribution in [2.75, 3.05) is 31.6 Å². The van der Waals surface area contributed by atoms with Gasteiger partial charge < -0.3 is 10.1 Å². The number of halogens is 1. The number of thiazole rings is 1. The summed E-state index contributed by atoms with van der Waals surface area (Å²) in [5, 5.41) is 6.48. The zero-order valence-corrected chi connectivity index (χ0v) is 20.4. The number of para-hydroxylation sites is 2. The molecule has 0 spiro atoms. The first-order valence-corrected chi connectivity index (χ1v) is 12.6. The highest BCUT2D eigenvalue weighted by atomic mass is 35.5. The van der Waals surface area contributed by atoms with Gasteiger partial charge in [0, 0.05) is 47.9 Å². The number of amides is 1. The third-order valence-electron chi connectivity index (χ3n) is 6.12. The van der Waals surface area contributed by atoms with E-state index in [4.69, 9.17) is 21.3 Å². The standard InChI is InChI=1S/C26H22ClN5O2S/c27-20-13-23(28-21-7-3-1-5-18(20)21)25(33)29-22-8-4-2-6-19(22)24-15-32-17(16-35-26(32)30-24)14-31-9-11-34-12-10-31/h1-8,13,15-16H,9-12,14H2,(H,29,33). The number of rotatable bonds is 5. The fourth-order valence-corrected chi connectivity index (χ4v) is 5.44. The van der Waals surface area contributed by atoms with Crippen molar-refractivity contribution in [3.8, 4) is 11.3 Å². The second-order valence-corrected chi connectivity index (χ2v) is 9.64. The summed E-state index contributed by atoms with van der Waals surface area (Å²) in [7, 11) is 0. The third kappa shape index (κ3) is 4.41. The van der Waals surface area contributed by atoms with E-state index in [1.165, 1.54) is 5.69 Å². The number of pyridine rings is 1. The van der Waals surface area contributed by atoms with E-state index in [-0.39, 0.29) is 11.6 Å². The number of hydrogen-bond donors (Lipinski definition) is 1. The van der Waals surface area contributed by atoms with E-state index in [9.17, 15) is 4.79 Å². The lowest BCUT2D eigenvalue weighted by Crippen LogP contribution is -2.35. The Morgan fingerprint density at radius 1 is 1.09 bits per heavy atom. The van der Waals surface area contributed by atoms with Crippen molar-refractivity contribution >= 4 is 50.4 Å². The number of ether oxygens (including phenoxy) is 1. The minimum absolute atomic E-state index is 0.266. The summed E-state index contributed by atoms with van der Waals surface area (Å²) in [5.41, 5.74) is 4.47. The number of benzene rings is 2. The van der Waals surface area contributed by atoms with E-state index in [2.05, 4.69) is 25.0 Å². The SMILES string of the molecule is O=C(Nc1ccccc1-c1cn2c(CN3CCOCC3)csc2n1)c1cc(Cl)c2ccccc2n1. The van der Waals surface area contributed by atoms with Gasteiger partial charge in [-0.05, 0) is 18.2 Å². The lowest BCUT2D eigenvalue weighted by molar-refractivity contribution is 0.0336. The van der Waals surface area contributed by atoms with E-state index < -0.39 is 0 Å². The van der Waals surface area contributed by atoms with E-state index in [1.54, 1.807) is 17.4 Å². The molecule has 0 atom stereocenters. The largest absolute Gasteiger partial charge is 0.379 e. The molecule has 1 aliphatic rings. The van der Waals surface area contributed by atoms with E-state index in [0.29, 0.717) is 16.2 Å². The summed E-state index contributed by atoms with van der Waals surface area (Å²) in [6.45, 7) is 4.26. The Morgan fingerprint density at radius 2 is 1.89 bits per heavy atom. The van der Waals surface area contributed by atoms with Crippen LogP contribution >= 0.6 is 22.9 Å². The second kappa shape index (κ2) is 9.39. The van der Waals surface area contributed by atoms with Crippen LogP contribution in [0.25, 0.3) is 27.1 Å². The van der Waals surface area contributed by atoms with Gasteiger partial charge in [-0.25, -0.2) is 9.97 Å². The molecule has 1 fully saturated rings. The predicted molar refractivity (Wildman–Crippen MR) is 139 cm³/mol. The van der Waals surface area contributed by atoms with Crippen molar-refractivity contribution in [3.63, 3.8) is 0 Å². The van der Waals surface area contributed by atoms with Gasteiger partial charge in [0.15, 0.2) is 4.96 Å². The number of nitrogens with one attached hydrogen (secondary N) is 1. The van der Waals surface area contributed by atoms with Crippen LogP contribution in [0.4, 0.5) is 5.69 Å². The number of nitrogens with zero attached hydrogens (tertiary/aromatic N) is 4.